The Morgan fingerprint density at radius 1 is 1.38 bits per heavy atom. The second kappa shape index (κ2) is 4.18. The molecule has 2 fully saturated rings. The molecule has 1 N–H and O–H groups in total. The first kappa shape index (κ1) is 10.3. The maximum absolute atomic E-state index is 6.02. The minimum atomic E-state index is 0.339. The van der Waals surface area contributed by atoms with Gasteiger partial charge in [-0.3, -0.25) is 0 Å². The van der Waals surface area contributed by atoms with E-state index >= 15 is 0 Å². The lowest BCUT2D eigenvalue weighted by Crippen LogP contribution is -2.31. The van der Waals surface area contributed by atoms with E-state index in [2.05, 4.69) is 15.3 Å². The highest BCUT2D eigenvalue weighted by atomic mass is 35.5. The molecule has 1 saturated heterocycles. The summed E-state index contributed by atoms with van der Waals surface area (Å²) >= 11 is 6.02. The third-order valence-electron chi connectivity index (χ3n) is 3.21. The van der Waals surface area contributed by atoms with Crippen LogP contribution in [0.1, 0.15) is 19.3 Å². The lowest BCUT2D eigenvalue weighted by Gasteiger charge is -2.20. The average molecular weight is 240 g/mol. The monoisotopic (exact) mass is 239 g/mol. The fraction of sp³-hybridized carbons (Fsp3) is 0.636. The second-order valence-corrected chi connectivity index (χ2v) is 4.84. The van der Waals surface area contributed by atoms with Crippen LogP contribution in [-0.4, -0.2) is 28.7 Å². The van der Waals surface area contributed by atoms with Gasteiger partial charge in [0, 0.05) is 6.61 Å². The van der Waals surface area contributed by atoms with Gasteiger partial charge in [0.25, 0.3) is 0 Å². The summed E-state index contributed by atoms with van der Waals surface area (Å²) in [6, 6.07) is 0.347. The molecule has 2 atom stereocenters. The minimum absolute atomic E-state index is 0.339. The number of hydrogen-bond acceptors (Lipinski definition) is 4. The van der Waals surface area contributed by atoms with Crippen molar-refractivity contribution in [2.45, 2.75) is 31.4 Å². The Labute approximate surface area is 99.4 Å². The molecule has 5 heteroatoms. The van der Waals surface area contributed by atoms with Crippen LogP contribution in [0.4, 0.5) is 5.82 Å². The summed E-state index contributed by atoms with van der Waals surface area (Å²) in [4.78, 5) is 8.02. The van der Waals surface area contributed by atoms with Crippen LogP contribution in [-0.2, 0) is 4.74 Å². The van der Waals surface area contributed by atoms with E-state index in [0.29, 0.717) is 17.2 Å². The Morgan fingerprint density at radius 2 is 2.25 bits per heavy atom. The zero-order valence-corrected chi connectivity index (χ0v) is 9.65. The molecule has 0 bridgehead atoms. The Kier molecular flexibility index (Phi) is 2.69. The highest BCUT2D eigenvalue weighted by Gasteiger charge is 2.40. The van der Waals surface area contributed by atoms with Crippen LogP contribution < -0.4 is 5.32 Å². The largest absolute Gasteiger partial charge is 0.376 e. The molecule has 86 valence electrons. The van der Waals surface area contributed by atoms with E-state index in [4.69, 9.17) is 16.3 Å². The van der Waals surface area contributed by atoms with Gasteiger partial charge in [-0.25, -0.2) is 9.97 Å². The van der Waals surface area contributed by atoms with Crippen molar-refractivity contribution in [3.8, 4) is 0 Å². The lowest BCUT2D eigenvalue weighted by molar-refractivity contribution is 0.0898. The number of hydrogen-bond donors (Lipinski definition) is 1. The number of nitrogens with one attached hydrogen (secondary N) is 1. The fourth-order valence-corrected chi connectivity index (χ4v) is 2.41. The van der Waals surface area contributed by atoms with Gasteiger partial charge < -0.3 is 10.1 Å². The molecule has 0 spiro atoms. The van der Waals surface area contributed by atoms with E-state index in [9.17, 15) is 0 Å². The first-order valence-electron chi connectivity index (χ1n) is 5.68. The maximum Gasteiger partial charge on any atom is 0.148 e. The van der Waals surface area contributed by atoms with Crippen molar-refractivity contribution in [2.24, 2.45) is 5.92 Å². The van der Waals surface area contributed by atoms with E-state index in [0.717, 1.165) is 24.8 Å². The second-order valence-electron chi connectivity index (χ2n) is 4.43. The van der Waals surface area contributed by atoms with Gasteiger partial charge in [0.2, 0.25) is 0 Å². The number of ether oxygens (including phenoxy) is 1. The highest BCUT2D eigenvalue weighted by Crippen LogP contribution is 2.39. The van der Waals surface area contributed by atoms with Crippen LogP contribution >= 0.6 is 11.6 Å². The van der Waals surface area contributed by atoms with Gasteiger partial charge in [-0.15, -0.1) is 0 Å². The normalized spacial score (nSPS) is 29.3. The predicted octanol–water partition coefficient (Wildman–Crippen LogP) is 2.11. The SMILES string of the molecule is Clc1cncnc1NC1CCOC1C1CC1. The highest BCUT2D eigenvalue weighted by molar-refractivity contribution is 6.32. The molecule has 1 aromatic heterocycles. The molecule has 0 aromatic carbocycles. The van der Waals surface area contributed by atoms with Crippen LogP contribution in [0.5, 0.6) is 0 Å². The molecule has 2 heterocycles. The Hall–Kier alpha value is -0.870. The van der Waals surface area contributed by atoms with Gasteiger partial charge in [0.15, 0.2) is 0 Å². The summed E-state index contributed by atoms with van der Waals surface area (Å²) in [5.74, 6) is 1.46. The van der Waals surface area contributed by atoms with E-state index in [1.54, 1.807) is 6.20 Å². The van der Waals surface area contributed by atoms with E-state index in [1.807, 2.05) is 0 Å². The molecule has 1 aliphatic heterocycles. The van der Waals surface area contributed by atoms with Crippen LogP contribution in [0.3, 0.4) is 0 Å². The third kappa shape index (κ3) is 1.99. The topological polar surface area (TPSA) is 47.0 Å². The summed E-state index contributed by atoms with van der Waals surface area (Å²) in [6.45, 7) is 0.835. The number of nitrogens with zero attached hydrogens (tertiary/aromatic N) is 2. The molecule has 2 aliphatic rings. The molecule has 1 saturated carbocycles. The van der Waals surface area contributed by atoms with Crippen molar-refractivity contribution in [2.75, 3.05) is 11.9 Å². The van der Waals surface area contributed by atoms with Crippen LogP contribution in [0.2, 0.25) is 5.02 Å². The molecular formula is C11H14ClN3O. The molecule has 0 amide bonds. The predicted molar refractivity (Wildman–Crippen MR) is 61.5 cm³/mol. The Balaban J connectivity index is 1.71. The van der Waals surface area contributed by atoms with Crippen molar-refractivity contribution >= 4 is 17.4 Å². The average Bonchev–Trinajstić information content (AvgIpc) is 3.03. The number of aromatic nitrogens is 2. The number of anilines is 1. The van der Waals surface area contributed by atoms with Crippen LogP contribution in [0.25, 0.3) is 0 Å². The molecule has 2 unspecified atom stereocenters. The standard InChI is InChI=1S/C11H14ClN3O/c12-8-5-13-6-14-11(8)15-9-3-4-16-10(9)7-1-2-7/h5-7,9-10H,1-4H2,(H,13,14,15). The zero-order valence-electron chi connectivity index (χ0n) is 8.90. The van der Waals surface area contributed by atoms with Crippen molar-refractivity contribution in [3.63, 3.8) is 0 Å². The summed E-state index contributed by atoms with van der Waals surface area (Å²) in [5, 5.41) is 3.95. The van der Waals surface area contributed by atoms with Gasteiger partial charge in [-0.1, -0.05) is 11.6 Å². The molecule has 3 rings (SSSR count). The van der Waals surface area contributed by atoms with Gasteiger partial charge in [-0.2, -0.15) is 0 Å². The first-order valence-corrected chi connectivity index (χ1v) is 6.06. The van der Waals surface area contributed by atoms with Gasteiger partial charge in [0.1, 0.15) is 17.2 Å². The third-order valence-corrected chi connectivity index (χ3v) is 3.49. The van der Waals surface area contributed by atoms with Gasteiger partial charge in [-0.05, 0) is 25.2 Å². The van der Waals surface area contributed by atoms with E-state index < -0.39 is 0 Å². The van der Waals surface area contributed by atoms with Crippen molar-refractivity contribution in [3.05, 3.63) is 17.5 Å². The molecule has 1 aromatic rings. The van der Waals surface area contributed by atoms with Gasteiger partial charge in [0.05, 0.1) is 18.3 Å². The fourth-order valence-electron chi connectivity index (χ4n) is 2.25. The summed E-state index contributed by atoms with van der Waals surface area (Å²) in [6.07, 6.45) is 7.07. The molecule has 1 aliphatic carbocycles. The minimum Gasteiger partial charge on any atom is -0.376 e. The smallest absolute Gasteiger partial charge is 0.148 e. The Morgan fingerprint density at radius 3 is 3.00 bits per heavy atom. The zero-order chi connectivity index (χ0) is 11.0. The van der Waals surface area contributed by atoms with Crippen molar-refractivity contribution in [1.82, 2.24) is 9.97 Å². The molecule has 4 nitrogen and oxygen atoms in total. The lowest BCUT2D eigenvalue weighted by atomic mass is 10.1. The van der Waals surface area contributed by atoms with E-state index in [-0.39, 0.29) is 0 Å². The number of halogens is 1. The summed E-state index contributed by atoms with van der Waals surface area (Å²) in [5.41, 5.74) is 0. The van der Waals surface area contributed by atoms with Crippen LogP contribution in [0, 0.1) is 5.92 Å². The maximum atomic E-state index is 6.02. The number of rotatable bonds is 3. The first-order chi connectivity index (χ1) is 7.84. The molecule has 0 radical (unpaired) electrons. The van der Waals surface area contributed by atoms with Gasteiger partial charge >= 0.3 is 0 Å². The molecule has 16 heavy (non-hydrogen) atoms. The van der Waals surface area contributed by atoms with Crippen molar-refractivity contribution in [1.29, 1.82) is 0 Å². The van der Waals surface area contributed by atoms with Crippen LogP contribution in [0.15, 0.2) is 12.5 Å². The quantitative estimate of drug-likeness (QED) is 0.878. The Bertz CT molecular complexity index is 383. The summed E-state index contributed by atoms with van der Waals surface area (Å²) < 4.78 is 5.75. The molecular weight excluding hydrogens is 226 g/mol. The van der Waals surface area contributed by atoms with Crippen molar-refractivity contribution < 1.29 is 4.74 Å². The summed E-state index contributed by atoms with van der Waals surface area (Å²) in [7, 11) is 0. The van der Waals surface area contributed by atoms with E-state index in [1.165, 1.54) is 19.2 Å².